The van der Waals surface area contributed by atoms with E-state index in [9.17, 15) is 151 Å². The molecule has 0 aromatic heterocycles. The fourth-order valence-corrected chi connectivity index (χ4v) is 6.45. The zero-order chi connectivity index (χ0) is 73.3. The van der Waals surface area contributed by atoms with Crippen LogP contribution in [0.3, 0.4) is 0 Å². The Labute approximate surface area is 531 Å². The Bertz CT molecular complexity index is 1680. The largest absolute Gasteiger partial charge is 0.547 e. The third kappa shape index (κ3) is 28.7. The number of carboxylic acids is 6. The van der Waals surface area contributed by atoms with Crippen LogP contribution in [-0.4, -0.2) is 372 Å². The van der Waals surface area contributed by atoms with Crippen molar-refractivity contribution < 1.29 is 234 Å². The van der Waals surface area contributed by atoms with Gasteiger partial charge in [0.1, 0.15) is 143 Å². The first-order valence-corrected chi connectivity index (χ1v) is 26.4. The molecule has 42 nitrogen and oxygen atoms in total. The smallest absolute Gasteiger partial charge is 0.132 e. The summed E-state index contributed by atoms with van der Waals surface area (Å²) in [5.41, 5.74) is -15.9. The molecule has 30 N–H and O–H groups in total. The molecule has 0 bridgehead atoms. The molecule has 43 heteroatoms. The van der Waals surface area contributed by atoms with E-state index in [1.165, 1.54) is 41.5 Å². The van der Waals surface area contributed by atoms with Crippen LogP contribution in [0.4, 0.5) is 0 Å². The minimum Gasteiger partial charge on any atom is -0.547 e. The average Bonchev–Trinajstić information content (AvgIpc) is 2.69. The number of hydrogen-bond acceptors (Lipinski definition) is 42. The quantitative estimate of drug-likeness (QED) is 0.0259. The minimum atomic E-state index is -2.66. The second-order valence-electron chi connectivity index (χ2n) is 19.5. The van der Waals surface area contributed by atoms with E-state index in [0.717, 1.165) is 0 Å². The average molecular weight is 1440 g/mol. The van der Waals surface area contributed by atoms with Gasteiger partial charge in [0.25, 0.3) is 0 Å². The van der Waals surface area contributed by atoms with Crippen LogP contribution in [0.15, 0.2) is 0 Å². The van der Waals surface area contributed by atoms with E-state index >= 15 is 0 Å². The standard InChI is InChI=1S/6C8H16O7.Mo/c6*1-2-8(15,7(13)14)6(12)5(11)4(10)3-9;/h6*4-6,9-12,15H,2-3H2,1H3,(H,13,14);/p-6. The number of carbonyl (C=O) groups is 6. The number of carboxylic acid groups (broad SMARTS) is 6. The Morgan fingerprint density at radius 3 is 0.363 bits per heavy atom. The van der Waals surface area contributed by atoms with Gasteiger partial charge in [0.05, 0.1) is 75.5 Å². The van der Waals surface area contributed by atoms with Crippen molar-refractivity contribution in [2.75, 3.05) is 39.6 Å². The van der Waals surface area contributed by atoms with Gasteiger partial charge in [-0.2, -0.15) is 0 Å². The molecule has 0 aliphatic heterocycles. The fourth-order valence-electron chi connectivity index (χ4n) is 6.45. The van der Waals surface area contributed by atoms with E-state index in [-0.39, 0.29) is 21.1 Å². The molecule has 0 radical (unpaired) electrons. The maximum atomic E-state index is 10.5. The maximum Gasteiger partial charge on any atom is 0.132 e. The normalized spacial score (nSPS) is 21.2. The van der Waals surface area contributed by atoms with Crippen LogP contribution in [0.1, 0.15) is 80.1 Å². The molecule has 0 saturated carbocycles. The Morgan fingerprint density at radius 1 is 0.242 bits per heavy atom. The van der Waals surface area contributed by atoms with Crippen molar-refractivity contribution in [1.29, 1.82) is 0 Å². The van der Waals surface area contributed by atoms with Gasteiger partial charge in [-0.25, -0.2) is 0 Å². The van der Waals surface area contributed by atoms with Crippen LogP contribution in [-0.2, 0) is 49.8 Å². The van der Waals surface area contributed by atoms with Crippen LogP contribution >= 0.6 is 0 Å². The predicted molar refractivity (Wildman–Crippen MR) is 272 cm³/mol. The second-order valence-corrected chi connectivity index (χ2v) is 19.5. The summed E-state index contributed by atoms with van der Waals surface area (Å²) < 4.78 is 0. The molecule has 24 atom stereocenters. The van der Waals surface area contributed by atoms with Crippen LogP contribution in [0.25, 0.3) is 0 Å². The third-order valence-electron chi connectivity index (χ3n) is 13.7. The van der Waals surface area contributed by atoms with Gasteiger partial charge in [0.2, 0.25) is 0 Å². The van der Waals surface area contributed by atoms with Crippen molar-refractivity contribution in [3.05, 3.63) is 0 Å². The van der Waals surface area contributed by atoms with E-state index in [1.54, 1.807) is 0 Å². The minimum absolute atomic E-state index is 0. The van der Waals surface area contributed by atoms with Gasteiger partial charge in [-0.3, -0.25) is 0 Å². The molecule has 0 saturated heterocycles. The fraction of sp³-hybridized carbons (Fsp3) is 0.875. The molecular weight excluding hydrogens is 1340 g/mol. The zero-order valence-corrected chi connectivity index (χ0v) is 51.6. The van der Waals surface area contributed by atoms with Gasteiger partial charge >= 0.3 is 0 Å². The van der Waals surface area contributed by atoms with Crippen molar-refractivity contribution in [1.82, 2.24) is 0 Å². The van der Waals surface area contributed by atoms with Crippen molar-refractivity contribution in [3.8, 4) is 0 Å². The van der Waals surface area contributed by atoms with Crippen molar-refractivity contribution in [2.24, 2.45) is 0 Å². The van der Waals surface area contributed by atoms with Gasteiger partial charge in [-0.15, -0.1) is 0 Å². The summed E-state index contributed by atoms with van der Waals surface area (Å²) in [5.74, 6) is -11.7. The molecular formula is C48H90MoO42-6. The molecule has 0 rings (SSSR count). The van der Waals surface area contributed by atoms with Gasteiger partial charge in [0, 0.05) is 21.1 Å². The second kappa shape index (κ2) is 46.4. The number of rotatable bonds is 36. The Morgan fingerprint density at radius 2 is 0.319 bits per heavy atom. The molecule has 546 valence electrons. The Kier molecular flexibility index (Phi) is 51.5. The first-order valence-electron chi connectivity index (χ1n) is 26.4. The number of carbonyl (C=O) groups excluding carboxylic acids is 6. The SMILES string of the molecule is CCC(O)(C(=O)[O-])C(O)C(O)C(O)CO.CCC(O)(C(=O)[O-])C(O)C(O)C(O)CO.CCC(O)(C(=O)[O-])C(O)C(O)C(O)CO.CCC(O)(C(=O)[O-])C(O)C(O)C(O)CO.CCC(O)(C(=O)[O-])C(O)C(O)C(O)CO.CCC(O)(C(=O)[O-])C(O)C(O)C(O)CO.[Mo]. The molecule has 0 aliphatic rings. The van der Waals surface area contributed by atoms with E-state index in [1.807, 2.05) is 0 Å². The number of hydrogen-bond donors (Lipinski definition) is 30. The topological polar surface area (TPSA) is 848 Å². The third-order valence-corrected chi connectivity index (χ3v) is 13.7. The summed E-state index contributed by atoms with van der Waals surface area (Å²) in [5, 5.41) is 335. The predicted octanol–water partition coefficient (Wildman–Crippen LogP) is -24.3. The number of aliphatic hydroxyl groups is 30. The summed E-state index contributed by atoms with van der Waals surface area (Å²) in [4.78, 5) is 63.2. The van der Waals surface area contributed by atoms with Crippen molar-refractivity contribution in [2.45, 2.75) is 224 Å². The van der Waals surface area contributed by atoms with E-state index < -0.39 is 257 Å². The van der Waals surface area contributed by atoms with Crippen LogP contribution in [0.5, 0.6) is 0 Å². The molecule has 0 fully saturated rings. The zero-order valence-electron chi connectivity index (χ0n) is 49.6. The van der Waals surface area contributed by atoms with Crippen molar-refractivity contribution in [3.63, 3.8) is 0 Å². The Hall–Kier alpha value is -3.69. The summed E-state index contributed by atoms with van der Waals surface area (Å²) in [6.07, 6.45) is -37.6. The number of aliphatic hydroxyl groups excluding tert-OH is 24. The molecule has 0 aromatic carbocycles. The van der Waals surface area contributed by atoms with Gasteiger partial charge in [0.15, 0.2) is 0 Å². The van der Waals surface area contributed by atoms with Gasteiger partial charge in [-0.1, -0.05) is 41.5 Å². The van der Waals surface area contributed by atoms with E-state index in [0.29, 0.717) is 0 Å². The summed E-state index contributed by atoms with van der Waals surface area (Å²) in [6, 6.07) is 0. The molecule has 0 heterocycles. The van der Waals surface area contributed by atoms with Crippen LogP contribution in [0.2, 0.25) is 0 Å². The molecule has 91 heavy (non-hydrogen) atoms. The first kappa shape index (κ1) is 101. The molecule has 0 aliphatic carbocycles. The summed E-state index contributed by atoms with van der Waals surface area (Å²) >= 11 is 0. The van der Waals surface area contributed by atoms with E-state index in [2.05, 4.69) is 0 Å². The van der Waals surface area contributed by atoms with Crippen LogP contribution < -0.4 is 30.6 Å². The van der Waals surface area contributed by atoms with Crippen molar-refractivity contribution >= 4 is 35.8 Å². The number of aliphatic carboxylic acids is 6. The molecule has 0 amide bonds. The van der Waals surface area contributed by atoms with Gasteiger partial charge < -0.3 is 213 Å². The molecule has 0 spiro atoms. The molecule has 0 aromatic rings. The van der Waals surface area contributed by atoms with Gasteiger partial charge in [-0.05, 0) is 38.5 Å². The summed E-state index contributed by atoms with van der Waals surface area (Å²) in [7, 11) is 0. The maximum absolute atomic E-state index is 10.5. The van der Waals surface area contributed by atoms with E-state index in [4.69, 9.17) is 61.3 Å². The molecule has 24 unspecified atom stereocenters. The summed E-state index contributed by atoms with van der Waals surface area (Å²) in [6.45, 7) is 2.35. The monoisotopic (exact) mass is 1440 g/mol. The Balaban J connectivity index is -0.000000186. The van der Waals surface area contributed by atoms with Crippen LogP contribution in [0, 0.1) is 0 Å². The first-order chi connectivity index (χ1) is 40.8.